The number of benzene rings is 3. The number of nitrogens with zero attached hydrogens (tertiary/aromatic N) is 3. The van der Waals surface area contributed by atoms with Gasteiger partial charge in [0.25, 0.3) is 15.9 Å². The highest BCUT2D eigenvalue weighted by atomic mass is 32.2. The maximum absolute atomic E-state index is 12.8. The second kappa shape index (κ2) is 8.99. The Morgan fingerprint density at radius 2 is 1.63 bits per heavy atom. The maximum Gasteiger partial charge on any atom is 0.261 e. The molecule has 1 amide bonds. The Hall–Kier alpha value is -4.57. The van der Waals surface area contributed by atoms with Crippen LogP contribution in [0.3, 0.4) is 0 Å². The van der Waals surface area contributed by atoms with Gasteiger partial charge in [0.2, 0.25) is 5.65 Å². The predicted octanol–water partition coefficient (Wildman–Crippen LogP) is 4.38. The number of hydrogen-bond acceptors (Lipinski definition) is 6. The van der Waals surface area contributed by atoms with Crippen molar-refractivity contribution >= 4 is 38.5 Å². The monoisotopic (exact) mass is 484 g/mol. The number of anilines is 2. The van der Waals surface area contributed by atoms with E-state index in [0.29, 0.717) is 28.3 Å². The third-order valence-corrected chi connectivity index (χ3v) is 6.73. The van der Waals surface area contributed by atoms with Gasteiger partial charge in [-0.15, -0.1) is 5.10 Å². The molecule has 9 nitrogen and oxygen atoms in total. The van der Waals surface area contributed by atoms with Crippen LogP contribution in [0.2, 0.25) is 0 Å². The van der Waals surface area contributed by atoms with E-state index in [0.717, 1.165) is 16.6 Å². The van der Waals surface area contributed by atoms with E-state index in [2.05, 4.69) is 30.4 Å². The van der Waals surface area contributed by atoms with Gasteiger partial charge in [-0.2, -0.15) is 0 Å². The fraction of sp³-hybridized carbons (Fsp3) is 0.0400. The van der Waals surface area contributed by atoms with Crippen LogP contribution < -0.4 is 10.0 Å². The van der Waals surface area contributed by atoms with Crippen LogP contribution in [0.4, 0.5) is 11.4 Å². The molecular formula is C25H20N6O3S. The molecule has 3 N–H and O–H groups in total. The lowest BCUT2D eigenvalue weighted by Crippen LogP contribution is -2.14. The minimum atomic E-state index is -3.70. The molecule has 0 aliphatic rings. The van der Waals surface area contributed by atoms with Crippen LogP contribution in [-0.2, 0) is 10.0 Å². The number of fused-ring (bicyclic) bond motifs is 1. The Bertz CT molecular complexity index is 1630. The van der Waals surface area contributed by atoms with E-state index in [4.69, 9.17) is 0 Å². The minimum Gasteiger partial charge on any atom is -0.322 e. The quantitative estimate of drug-likeness (QED) is 0.328. The Kier molecular flexibility index (Phi) is 5.71. The minimum absolute atomic E-state index is 0.178. The van der Waals surface area contributed by atoms with E-state index in [1.165, 1.54) is 0 Å². The molecule has 0 aliphatic carbocycles. The van der Waals surface area contributed by atoms with Crippen molar-refractivity contribution in [3.8, 4) is 11.3 Å². The highest BCUT2D eigenvalue weighted by Crippen LogP contribution is 2.22. The van der Waals surface area contributed by atoms with Gasteiger partial charge in [0.05, 0.1) is 10.6 Å². The average molecular weight is 485 g/mol. The van der Waals surface area contributed by atoms with Crippen LogP contribution in [0.25, 0.3) is 22.4 Å². The van der Waals surface area contributed by atoms with E-state index in [1.807, 2.05) is 25.1 Å². The number of carbonyl (C=O) groups is 1. The van der Waals surface area contributed by atoms with Gasteiger partial charge in [-0.05, 0) is 67.6 Å². The molecule has 2 heterocycles. The SMILES string of the molecule is Cc1ccc(S(=O)(=O)Nc2ccc(NC(=O)c3cccc(-c4ccc5[nH]nnc5n4)c3)cc2)cc1. The van der Waals surface area contributed by atoms with Crippen LogP contribution in [0.1, 0.15) is 15.9 Å². The first-order valence-corrected chi connectivity index (χ1v) is 12.1. The fourth-order valence-electron chi connectivity index (χ4n) is 3.48. The van der Waals surface area contributed by atoms with Gasteiger partial charge >= 0.3 is 0 Å². The van der Waals surface area contributed by atoms with Gasteiger partial charge < -0.3 is 5.32 Å². The molecule has 3 aromatic carbocycles. The summed E-state index contributed by atoms with van der Waals surface area (Å²) >= 11 is 0. The Morgan fingerprint density at radius 3 is 2.40 bits per heavy atom. The second-order valence-corrected chi connectivity index (χ2v) is 9.59. The zero-order chi connectivity index (χ0) is 24.4. The highest BCUT2D eigenvalue weighted by Gasteiger charge is 2.14. The van der Waals surface area contributed by atoms with Gasteiger partial charge in [0, 0.05) is 22.5 Å². The number of aryl methyl sites for hydroxylation is 1. The summed E-state index contributed by atoms with van der Waals surface area (Å²) in [6.07, 6.45) is 0. The number of nitrogens with one attached hydrogen (secondary N) is 3. The third kappa shape index (κ3) is 4.87. The smallest absolute Gasteiger partial charge is 0.261 e. The molecule has 0 unspecified atom stereocenters. The molecule has 0 saturated carbocycles. The topological polar surface area (TPSA) is 130 Å². The molecule has 5 aromatic rings. The number of rotatable bonds is 6. The fourth-order valence-corrected chi connectivity index (χ4v) is 4.53. The van der Waals surface area contributed by atoms with E-state index in [-0.39, 0.29) is 10.8 Å². The molecule has 174 valence electrons. The van der Waals surface area contributed by atoms with Crippen LogP contribution in [-0.4, -0.2) is 34.7 Å². The number of amides is 1. The number of aromatic nitrogens is 4. The molecule has 2 aromatic heterocycles. The number of carbonyl (C=O) groups excluding carboxylic acids is 1. The van der Waals surface area contributed by atoms with Gasteiger partial charge in [-0.1, -0.05) is 35.0 Å². The van der Waals surface area contributed by atoms with E-state index >= 15 is 0 Å². The summed E-state index contributed by atoms with van der Waals surface area (Å²) in [4.78, 5) is 17.5. The lowest BCUT2D eigenvalue weighted by molar-refractivity contribution is 0.102. The van der Waals surface area contributed by atoms with Gasteiger partial charge in [0.15, 0.2) is 0 Å². The van der Waals surface area contributed by atoms with Crippen molar-refractivity contribution in [3.63, 3.8) is 0 Å². The second-order valence-electron chi connectivity index (χ2n) is 7.91. The van der Waals surface area contributed by atoms with Crippen LogP contribution in [0.15, 0.2) is 89.8 Å². The maximum atomic E-state index is 12.8. The Balaban J connectivity index is 1.29. The third-order valence-electron chi connectivity index (χ3n) is 5.34. The molecule has 0 radical (unpaired) electrons. The van der Waals surface area contributed by atoms with Crippen molar-refractivity contribution in [2.24, 2.45) is 0 Å². The predicted molar refractivity (Wildman–Crippen MR) is 134 cm³/mol. The number of sulfonamides is 1. The summed E-state index contributed by atoms with van der Waals surface area (Å²) in [5.74, 6) is -0.303. The van der Waals surface area contributed by atoms with Gasteiger partial charge in [-0.3, -0.25) is 14.6 Å². The average Bonchev–Trinajstić information content (AvgIpc) is 3.33. The summed E-state index contributed by atoms with van der Waals surface area (Å²) in [5.41, 5.74) is 5.01. The van der Waals surface area contributed by atoms with Gasteiger partial charge in [0.1, 0.15) is 5.52 Å². The Morgan fingerprint density at radius 1 is 0.886 bits per heavy atom. The van der Waals surface area contributed by atoms with Crippen molar-refractivity contribution in [3.05, 3.63) is 96.1 Å². The molecule has 5 rings (SSSR count). The number of H-pyrrole nitrogens is 1. The number of hydrogen-bond donors (Lipinski definition) is 3. The molecular weight excluding hydrogens is 464 g/mol. The van der Waals surface area contributed by atoms with E-state index in [9.17, 15) is 13.2 Å². The lowest BCUT2D eigenvalue weighted by atomic mass is 10.1. The van der Waals surface area contributed by atoms with Crippen LogP contribution >= 0.6 is 0 Å². The molecule has 0 saturated heterocycles. The summed E-state index contributed by atoms with van der Waals surface area (Å²) in [5, 5.41) is 13.2. The van der Waals surface area contributed by atoms with E-state index < -0.39 is 10.0 Å². The highest BCUT2D eigenvalue weighted by molar-refractivity contribution is 7.92. The van der Waals surface area contributed by atoms with Crippen molar-refractivity contribution in [2.75, 3.05) is 10.0 Å². The largest absolute Gasteiger partial charge is 0.322 e. The normalized spacial score (nSPS) is 11.3. The number of aromatic amines is 1. The van der Waals surface area contributed by atoms with E-state index in [1.54, 1.807) is 66.7 Å². The molecule has 0 atom stereocenters. The van der Waals surface area contributed by atoms with Gasteiger partial charge in [-0.25, -0.2) is 13.4 Å². The summed E-state index contributed by atoms with van der Waals surface area (Å²) < 4.78 is 27.7. The number of pyridine rings is 1. The lowest BCUT2D eigenvalue weighted by Gasteiger charge is -2.10. The standard InChI is InChI=1S/C25H20N6O3S/c1-16-5-11-21(12-6-16)35(33,34)30-20-9-7-19(8-10-20)26-25(32)18-4-2-3-17(15-18)22-13-14-23-24(27-22)29-31-28-23/h2-15,30H,1H3,(H,26,32)(H,27,28,29,31). The first kappa shape index (κ1) is 22.2. The zero-order valence-electron chi connectivity index (χ0n) is 18.6. The molecule has 0 spiro atoms. The first-order chi connectivity index (χ1) is 16.9. The van der Waals surface area contributed by atoms with Crippen molar-refractivity contribution in [1.29, 1.82) is 0 Å². The molecule has 10 heteroatoms. The Labute approximate surface area is 201 Å². The molecule has 0 fully saturated rings. The zero-order valence-corrected chi connectivity index (χ0v) is 19.4. The van der Waals surface area contributed by atoms with Crippen LogP contribution in [0.5, 0.6) is 0 Å². The first-order valence-electron chi connectivity index (χ1n) is 10.7. The molecule has 0 aliphatic heterocycles. The molecule has 0 bridgehead atoms. The summed E-state index contributed by atoms with van der Waals surface area (Å²) in [6, 6.07) is 23.8. The van der Waals surface area contributed by atoms with Crippen molar-refractivity contribution in [1.82, 2.24) is 20.4 Å². The van der Waals surface area contributed by atoms with Crippen LogP contribution in [0, 0.1) is 6.92 Å². The molecule has 35 heavy (non-hydrogen) atoms. The van der Waals surface area contributed by atoms with Crippen molar-refractivity contribution in [2.45, 2.75) is 11.8 Å². The summed E-state index contributed by atoms with van der Waals surface area (Å²) in [6.45, 7) is 1.89. The summed E-state index contributed by atoms with van der Waals surface area (Å²) in [7, 11) is -3.70. The van der Waals surface area contributed by atoms with Crippen molar-refractivity contribution < 1.29 is 13.2 Å².